The standard InChI is InChI=1S/C7H17N.C5H6.2C2H6/c1-4-6-7-8(3)5-2;1-2-4-5-3-1;2*1-2/h4-7H2,1-3H3;1-4H,5H2;2*1-2H3. The third kappa shape index (κ3) is 25.6. The van der Waals surface area contributed by atoms with Crippen molar-refractivity contribution in [1.82, 2.24) is 4.90 Å². The maximum Gasteiger partial charge on any atom is -0.00220 e. The molecular formula is C16H35N. The average molecular weight is 241 g/mol. The molecule has 0 atom stereocenters. The molecule has 1 rings (SSSR count). The molecule has 1 nitrogen and oxygen atoms in total. The summed E-state index contributed by atoms with van der Waals surface area (Å²) >= 11 is 0. The van der Waals surface area contributed by atoms with Gasteiger partial charge in [-0.2, -0.15) is 0 Å². The highest BCUT2D eigenvalue weighted by molar-refractivity contribution is 5.11. The number of rotatable bonds is 4. The minimum absolute atomic E-state index is 1.14. The first kappa shape index (κ1) is 21.7. The molecular weight excluding hydrogens is 206 g/mol. The molecule has 0 fully saturated rings. The van der Waals surface area contributed by atoms with Crippen molar-refractivity contribution in [3.63, 3.8) is 0 Å². The van der Waals surface area contributed by atoms with E-state index in [0.717, 1.165) is 6.42 Å². The molecule has 0 bridgehead atoms. The Hall–Kier alpha value is -0.560. The van der Waals surface area contributed by atoms with Crippen molar-refractivity contribution in [1.29, 1.82) is 0 Å². The van der Waals surface area contributed by atoms with E-state index in [4.69, 9.17) is 0 Å². The lowest BCUT2D eigenvalue weighted by molar-refractivity contribution is 0.346. The van der Waals surface area contributed by atoms with Crippen molar-refractivity contribution < 1.29 is 0 Å². The lowest BCUT2D eigenvalue weighted by Gasteiger charge is -2.11. The van der Waals surface area contributed by atoms with Crippen LogP contribution < -0.4 is 0 Å². The lowest BCUT2D eigenvalue weighted by atomic mass is 10.3. The molecule has 1 aliphatic rings. The fourth-order valence-electron chi connectivity index (χ4n) is 0.979. The third-order valence-electron chi connectivity index (χ3n) is 2.09. The van der Waals surface area contributed by atoms with Crippen LogP contribution in [0, 0.1) is 0 Å². The normalized spacial score (nSPS) is 10.8. The van der Waals surface area contributed by atoms with Crippen LogP contribution in [0.4, 0.5) is 0 Å². The zero-order valence-electron chi connectivity index (χ0n) is 13.3. The highest BCUT2D eigenvalue weighted by Gasteiger charge is 1.89. The molecule has 104 valence electrons. The second-order valence-electron chi connectivity index (χ2n) is 3.34. The largest absolute Gasteiger partial charge is 0.307 e. The smallest absolute Gasteiger partial charge is 0.00220 e. The molecule has 1 aliphatic carbocycles. The van der Waals surface area contributed by atoms with Crippen LogP contribution in [0.5, 0.6) is 0 Å². The molecule has 0 radical (unpaired) electrons. The molecule has 0 heterocycles. The van der Waals surface area contributed by atoms with E-state index in [2.05, 4.69) is 50.1 Å². The van der Waals surface area contributed by atoms with Crippen LogP contribution >= 0.6 is 0 Å². The zero-order valence-corrected chi connectivity index (χ0v) is 13.3. The molecule has 0 aromatic carbocycles. The van der Waals surface area contributed by atoms with E-state index in [-0.39, 0.29) is 0 Å². The SMILES string of the molecule is C1=CCC=C1.CC.CC.CCCCN(C)CC. The summed E-state index contributed by atoms with van der Waals surface area (Å²) in [5.41, 5.74) is 0. The van der Waals surface area contributed by atoms with Gasteiger partial charge in [0.05, 0.1) is 0 Å². The minimum atomic E-state index is 1.14. The average Bonchev–Trinajstić information content (AvgIpc) is 3.00. The number of unbranched alkanes of at least 4 members (excludes halogenated alkanes) is 1. The molecule has 1 heteroatoms. The van der Waals surface area contributed by atoms with Gasteiger partial charge in [0.1, 0.15) is 0 Å². The van der Waals surface area contributed by atoms with E-state index in [1.165, 1.54) is 25.9 Å². The topological polar surface area (TPSA) is 3.24 Å². The Balaban J connectivity index is -0.000000186. The first-order valence-electron chi connectivity index (χ1n) is 7.31. The van der Waals surface area contributed by atoms with Gasteiger partial charge in [0.25, 0.3) is 0 Å². The lowest BCUT2D eigenvalue weighted by Crippen LogP contribution is -2.18. The maximum absolute atomic E-state index is 2.34. The summed E-state index contributed by atoms with van der Waals surface area (Å²) in [6.45, 7) is 14.9. The molecule has 0 aromatic heterocycles. The van der Waals surface area contributed by atoms with E-state index >= 15 is 0 Å². The molecule has 0 aromatic rings. The summed E-state index contributed by atoms with van der Waals surface area (Å²) in [6.07, 6.45) is 12.1. The Bertz CT molecular complexity index is 138. The van der Waals surface area contributed by atoms with Crippen LogP contribution in [0.25, 0.3) is 0 Å². The van der Waals surface area contributed by atoms with Crippen LogP contribution in [0.3, 0.4) is 0 Å². The molecule has 0 amide bonds. The molecule has 0 spiro atoms. The van der Waals surface area contributed by atoms with Gasteiger partial charge in [-0.3, -0.25) is 0 Å². The van der Waals surface area contributed by atoms with Crippen LogP contribution in [-0.4, -0.2) is 25.0 Å². The quantitative estimate of drug-likeness (QED) is 0.646. The highest BCUT2D eigenvalue weighted by Crippen LogP contribution is 1.93. The van der Waals surface area contributed by atoms with Crippen LogP contribution in [0.1, 0.15) is 60.8 Å². The first-order valence-corrected chi connectivity index (χ1v) is 7.31. The van der Waals surface area contributed by atoms with Gasteiger partial charge in [0.2, 0.25) is 0 Å². The van der Waals surface area contributed by atoms with Gasteiger partial charge in [-0.05, 0) is 33.0 Å². The summed E-state index contributed by atoms with van der Waals surface area (Å²) in [5.74, 6) is 0. The number of allylic oxidation sites excluding steroid dienone is 4. The Labute approximate surface area is 111 Å². The van der Waals surface area contributed by atoms with Gasteiger partial charge < -0.3 is 4.90 Å². The van der Waals surface area contributed by atoms with Crippen molar-refractivity contribution in [2.24, 2.45) is 0 Å². The first-order chi connectivity index (χ1) is 8.31. The molecule has 0 saturated heterocycles. The Morgan fingerprint density at radius 1 is 0.941 bits per heavy atom. The van der Waals surface area contributed by atoms with Crippen LogP contribution in [-0.2, 0) is 0 Å². The van der Waals surface area contributed by atoms with Crippen molar-refractivity contribution in [2.75, 3.05) is 20.1 Å². The van der Waals surface area contributed by atoms with Crippen LogP contribution in [0.2, 0.25) is 0 Å². The molecule has 0 unspecified atom stereocenters. The number of nitrogens with zero attached hydrogens (tertiary/aromatic N) is 1. The van der Waals surface area contributed by atoms with Crippen LogP contribution in [0.15, 0.2) is 24.3 Å². The maximum atomic E-state index is 2.34. The third-order valence-corrected chi connectivity index (χ3v) is 2.09. The summed E-state index contributed by atoms with van der Waals surface area (Å²) in [5, 5.41) is 0. The fraction of sp³-hybridized carbons (Fsp3) is 0.750. The summed E-state index contributed by atoms with van der Waals surface area (Å²) in [4.78, 5) is 2.34. The second kappa shape index (κ2) is 24.6. The summed E-state index contributed by atoms with van der Waals surface area (Å²) in [6, 6.07) is 0. The fourth-order valence-corrected chi connectivity index (χ4v) is 0.979. The molecule has 0 N–H and O–H groups in total. The summed E-state index contributed by atoms with van der Waals surface area (Å²) in [7, 11) is 2.16. The Morgan fingerprint density at radius 2 is 1.41 bits per heavy atom. The molecule has 0 saturated carbocycles. The van der Waals surface area contributed by atoms with E-state index in [9.17, 15) is 0 Å². The van der Waals surface area contributed by atoms with Crippen molar-refractivity contribution in [3.05, 3.63) is 24.3 Å². The highest BCUT2D eigenvalue weighted by atomic mass is 15.1. The second-order valence-corrected chi connectivity index (χ2v) is 3.34. The van der Waals surface area contributed by atoms with Gasteiger partial charge in [-0.1, -0.05) is 72.3 Å². The minimum Gasteiger partial charge on any atom is -0.307 e. The van der Waals surface area contributed by atoms with Crippen molar-refractivity contribution in [3.8, 4) is 0 Å². The van der Waals surface area contributed by atoms with E-state index in [0.29, 0.717) is 0 Å². The van der Waals surface area contributed by atoms with Gasteiger partial charge in [-0.25, -0.2) is 0 Å². The van der Waals surface area contributed by atoms with Crippen molar-refractivity contribution >= 4 is 0 Å². The van der Waals surface area contributed by atoms with E-state index in [1.54, 1.807) is 0 Å². The Morgan fingerprint density at radius 3 is 1.65 bits per heavy atom. The van der Waals surface area contributed by atoms with E-state index in [1.807, 2.05) is 27.7 Å². The van der Waals surface area contributed by atoms with Gasteiger partial charge >= 0.3 is 0 Å². The summed E-state index contributed by atoms with van der Waals surface area (Å²) < 4.78 is 0. The number of hydrogen-bond donors (Lipinski definition) is 0. The van der Waals surface area contributed by atoms with E-state index < -0.39 is 0 Å². The van der Waals surface area contributed by atoms with Gasteiger partial charge in [0, 0.05) is 0 Å². The van der Waals surface area contributed by atoms with Crippen molar-refractivity contribution in [2.45, 2.75) is 60.8 Å². The number of hydrogen-bond acceptors (Lipinski definition) is 1. The monoisotopic (exact) mass is 241 g/mol. The predicted molar refractivity (Wildman–Crippen MR) is 83.7 cm³/mol. The molecule has 17 heavy (non-hydrogen) atoms. The van der Waals surface area contributed by atoms with Gasteiger partial charge in [-0.15, -0.1) is 0 Å². The zero-order chi connectivity index (χ0) is 13.9. The predicted octanol–water partition coefficient (Wildman–Crippen LogP) is 5.29. The Kier molecular flexibility index (Phi) is 31.4. The van der Waals surface area contributed by atoms with Gasteiger partial charge in [0.15, 0.2) is 0 Å². The molecule has 0 aliphatic heterocycles.